The third kappa shape index (κ3) is 5.24. The van der Waals surface area contributed by atoms with Gasteiger partial charge in [-0.15, -0.1) is 0 Å². The number of urea groups is 1. The highest BCUT2D eigenvalue weighted by molar-refractivity contribution is 5.89. The number of halogens is 4. The molecule has 2 bridgehead atoms. The zero-order valence-corrected chi connectivity index (χ0v) is 21.4. The molecule has 0 saturated carbocycles. The molecule has 5 rings (SSSR count). The molecule has 0 spiro atoms. The van der Waals surface area contributed by atoms with Crippen molar-refractivity contribution >= 4 is 11.7 Å². The van der Waals surface area contributed by atoms with Gasteiger partial charge in [-0.1, -0.05) is 24.3 Å². The quantitative estimate of drug-likeness (QED) is 0.420. The van der Waals surface area contributed by atoms with Gasteiger partial charge in [0.15, 0.2) is 0 Å². The summed E-state index contributed by atoms with van der Waals surface area (Å²) >= 11 is 0. The molecular formula is C29H30F4N4O2. The topological polar surface area (TPSA) is 81.8 Å². The van der Waals surface area contributed by atoms with Gasteiger partial charge in [-0.05, 0) is 61.0 Å². The summed E-state index contributed by atoms with van der Waals surface area (Å²) < 4.78 is 56.4. The van der Waals surface area contributed by atoms with E-state index in [2.05, 4.69) is 10.2 Å². The molecule has 2 aliphatic rings. The number of nitrogens with zero attached hydrogens (tertiary/aromatic N) is 2. The fraction of sp³-hybridized carbons (Fsp3) is 0.345. The lowest BCUT2D eigenvalue weighted by Crippen LogP contribution is -2.65. The number of amides is 2. The number of likely N-dealkylation sites (tertiary alicyclic amines) is 2. The maximum atomic E-state index is 14.8. The monoisotopic (exact) mass is 542 g/mol. The number of benzene rings is 3. The van der Waals surface area contributed by atoms with Crippen molar-refractivity contribution in [3.8, 4) is 11.1 Å². The summed E-state index contributed by atoms with van der Waals surface area (Å²) in [6, 6.07) is 11.4. The van der Waals surface area contributed by atoms with Crippen LogP contribution in [0.15, 0.2) is 54.6 Å². The van der Waals surface area contributed by atoms with E-state index in [9.17, 15) is 27.5 Å². The van der Waals surface area contributed by atoms with E-state index in [0.29, 0.717) is 24.2 Å². The zero-order chi connectivity index (χ0) is 27.9. The predicted molar refractivity (Wildman–Crippen MR) is 140 cm³/mol. The van der Waals surface area contributed by atoms with Crippen LogP contribution in [-0.2, 0) is 12.0 Å². The standard InChI is InChI=1S/C29H30F4N4O2/c1-36-13-20-15-37(28(38)35-24-10-22(30)9-23(31)11-24)16-21(14-36)29(20,39)19-4-2-17(3-5-19)25-12-26(32)18(6-7-34)8-27(25)33/h2-5,8-12,20-21,39H,6-7,13-16,34H2,1H3,(H,35,38)/t20-,21+,29+. The first kappa shape index (κ1) is 27.1. The summed E-state index contributed by atoms with van der Waals surface area (Å²) in [6.45, 7) is 1.66. The number of hydrogen-bond acceptors (Lipinski definition) is 4. The summed E-state index contributed by atoms with van der Waals surface area (Å²) in [5.41, 5.74) is 5.66. The zero-order valence-electron chi connectivity index (χ0n) is 21.4. The smallest absolute Gasteiger partial charge is 0.321 e. The van der Waals surface area contributed by atoms with Gasteiger partial charge in [-0.2, -0.15) is 0 Å². The molecule has 3 aromatic carbocycles. The van der Waals surface area contributed by atoms with E-state index in [1.165, 1.54) is 0 Å². The van der Waals surface area contributed by atoms with Crippen LogP contribution in [0.5, 0.6) is 0 Å². The van der Waals surface area contributed by atoms with Crippen molar-refractivity contribution in [3.05, 3.63) is 89.0 Å². The van der Waals surface area contributed by atoms with Crippen LogP contribution < -0.4 is 11.1 Å². The van der Waals surface area contributed by atoms with Crippen LogP contribution in [0.3, 0.4) is 0 Å². The molecular weight excluding hydrogens is 512 g/mol. The lowest BCUT2D eigenvalue weighted by molar-refractivity contribution is -0.153. The van der Waals surface area contributed by atoms with Gasteiger partial charge >= 0.3 is 6.03 Å². The van der Waals surface area contributed by atoms with Crippen molar-refractivity contribution in [2.45, 2.75) is 12.0 Å². The number of carbonyl (C=O) groups excluding carboxylic acids is 1. The number of rotatable bonds is 5. The molecule has 2 aliphatic heterocycles. The highest BCUT2D eigenvalue weighted by atomic mass is 19.1. The van der Waals surface area contributed by atoms with Crippen molar-refractivity contribution in [1.82, 2.24) is 9.80 Å². The molecule has 2 amide bonds. The molecule has 0 radical (unpaired) electrons. The number of nitrogens with one attached hydrogen (secondary N) is 1. The maximum absolute atomic E-state index is 14.8. The Bertz CT molecular complexity index is 1350. The molecule has 3 aromatic rings. The van der Waals surface area contributed by atoms with E-state index in [1.807, 2.05) is 7.05 Å². The minimum Gasteiger partial charge on any atom is -0.384 e. The van der Waals surface area contributed by atoms with E-state index in [4.69, 9.17) is 5.73 Å². The number of aliphatic hydroxyl groups is 1. The first-order valence-electron chi connectivity index (χ1n) is 12.8. The number of nitrogens with two attached hydrogens (primary N) is 1. The van der Waals surface area contributed by atoms with E-state index in [1.54, 1.807) is 29.2 Å². The SMILES string of the molecule is CN1C[C@@H]2CN(C(=O)Nc3cc(F)cc(F)c3)C[C@H](C1)[C@]2(O)c1ccc(-c2cc(F)c(CCN)cc2F)cc1. The van der Waals surface area contributed by atoms with Crippen LogP contribution in [0.4, 0.5) is 28.0 Å². The molecule has 2 saturated heterocycles. The Kier molecular flexibility index (Phi) is 7.37. The van der Waals surface area contributed by atoms with Crippen molar-refractivity contribution < 1.29 is 27.5 Å². The highest BCUT2D eigenvalue weighted by Crippen LogP contribution is 2.45. The molecule has 206 valence electrons. The van der Waals surface area contributed by atoms with E-state index in [-0.39, 0.29) is 54.7 Å². The molecule has 10 heteroatoms. The predicted octanol–water partition coefficient (Wildman–Crippen LogP) is 4.32. The first-order chi connectivity index (χ1) is 18.6. The Balaban J connectivity index is 1.38. The molecule has 0 aliphatic carbocycles. The number of piperidine rings is 2. The maximum Gasteiger partial charge on any atom is 0.321 e. The van der Waals surface area contributed by atoms with Gasteiger partial charge in [0, 0.05) is 55.3 Å². The Morgan fingerprint density at radius 3 is 2.15 bits per heavy atom. The second kappa shape index (κ2) is 10.6. The van der Waals surface area contributed by atoms with Crippen LogP contribution in [0, 0.1) is 35.1 Å². The van der Waals surface area contributed by atoms with E-state index in [0.717, 1.165) is 30.3 Å². The van der Waals surface area contributed by atoms with E-state index < -0.39 is 34.9 Å². The average Bonchev–Trinajstić information content (AvgIpc) is 2.86. The Labute approximate surface area is 224 Å². The normalized spacial score (nSPS) is 23.1. The van der Waals surface area contributed by atoms with Crippen LogP contribution in [0.25, 0.3) is 11.1 Å². The number of anilines is 1. The van der Waals surface area contributed by atoms with Crippen molar-refractivity contribution in [2.24, 2.45) is 17.6 Å². The third-order valence-electron chi connectivity index (χ3n) is 7.80. The fourth-order valence-corrected chi connectivity index (χ4v) is 5.98. The summed E-state index contributed by atoms with van der Waals surface area (Å²) in [5, 5.41) is 14.6. The molecule has 3 atom stereocenters. The number of fused-ring (bicyclic) bond motifs is 2. The van der Waals surface area contributed by atoms with Gasteiger partial charge < -0.3 is 26.0 Å². The Morgan fingerprint density at radius 1 is 0.949 bits per heavy atom. The molecule has 2 fully saturated rings. The van der Waals surface area contributed by atoms with Crippen molar-refractivity contribution in [2.75, 3.05) is 45.1 Å². The molecule has 0 aromatic heterocycles. The summed E-state index contributed by atoms with van der Waals surface area (Å²) in [5.74, 6) is -3.39. The van der Waals surface area contributed by atoms with Gasteiger partial charge in [0.1, 0.15) is 28.9 Å². The lowest BCUT2D eigenvalue weighted by atomic mass is 9.66. The van der Waals surface area contributed by atoms with Crippen molar-refractivity contribution in [3.63, 3.8) is 0 Å². The second-order valence-electron chi connectivity index (χ2n) is 10.5. The van der Waals surface area contributed by atoms with Crippen LogP contribution in [-0.4, -0.2) is 60.7 Å². The van der Waals surface area contributed by atoms with Crippen LogP contribution in [0.2, 0.25) is 0 Å². The summed E-state index contributed by atoms with van der Waals surface area (Å²) in [7, 11) is 1.94. The van der Waals surface area contributed by atoms with Crippen LogP contribution >= 0.6 is 0 Å². The Morgan fingerprint density at radius 2 is 1.56 bits per heavy atom. The molecule has 4 N–H and O–H groups in total. The molecule has 2 heterocycles. The van der Waals surface area contributed by atoms with E-state index >= 15 is 0 Å². The largest absolute Gasteiger partial charge is 0.384 e. The average molecular weight is 543 g/mol. The minimum atomic E-state index is -1.26. The summed E-state index contributed by atoms with van der Waals surface area (Å²) in [6.07, 6.45) is 0.236. The van der Waals surface area contributed by atoms with Crippen molar-refractivity contribution in [1.29, 1.82) is 0 Å². The first-order valence-corrected chi connectivity index (χ1v) is 12.8. The Hall–Kier alpha value is -3.47. The van der Waals surface area contributed by atoms with Gasteiger partial charge in [-0.25, -0.2) is 22.4 Å². The number of carbonyl (C=O) groups is 1. The van der Waals surface area contributed by atoms with Gasteiger partial charge in [-0.3, -0.25) is 0 Å². The minimum absolute atomic E-state index is 0.0101. The molecule has 6 nitrogen and oxygen atoms in total. The van der Waals surface area contributed by atoms with Gasteiger partial charge in [0.2, 0.25) is 0 Å². The number of hydrogen-bond donors (Lipinski definition) is 3. The third-order valence-corrected chi connectivity index (χ3v) is 7.80. The fourth-order valence-electron chi connectivity index (χ4n) is 5.98. The van der Waals surface area contributed by atoms with Crippen LogP contribution in [0.1, 0.15) is 11.1 Å². The highest BCUT2D eigenvalue weighted by Gasteiger charge is 2.53. The lowest BCUT2D eigenvalue weighted by Gasteiger charge is -2.55. The molecule has 39 heavy (non-hydrogen) atoms. The second-order valence-corrected chi connectivity index (χ2v) is 10.5. The van der Waals surface area contributed by atoms with Gasteiger partial charge in [0.25, 0.3) is 0 Å². The summed E-state index contributed by atoms with van der Waals surface area (Å²) in [4.78, 5) is 16.6. The molecule has 0 unspecified atom stereocenters. The van der Waals surface area contributed by atoms with Gasteiger partial charge in [0.05, 0.1) is 0 Å².